The van der Waals surface area contributed by atoms with Crippen molar-refractivity contribution in [2.24, 2.45) is 0 Å². The highest BCUT2D eigenvalue weighted by atomic mass is 15.3. The Bertz CT molecular complexity index is 591. The second-order valence-corrected chi connectivity index (χ2v) is 3.89. The van der Waals surface area contributed by atoms with Crippen LogP contribution in [-0.4, -0.2) is 14.8 Å². The lowest BCUT2D eigenvalue weighted by Crippen LogP contribution is -2.06. The lowest BCUT2D eigenvalue weighted by molar-refractivity contribution is 0.657. The van der Waals surface area contributed by atoms with Gasteiger partial charge < -0.3 is 5.73 Å². The van der Waals surface area contributed by atoms with E-state index in [4.69, 9.17) is 11.0 Å². The van der Waals surface area contributed by atoms with Gasteiger partial charge in [-0.2, -0.15) is 10.4 Å². The third-order valence-corrected chi connectivity index (χ3v) is 2.79. The molecule has 0 spiro atoms. The van der Waals surface area contributed by atoms with Crippen LogP contribution in [0.4, 0.5) is 5.69 Å². The maximum absolute atomic E-state index is 8.98. The Kier molecular flexibility index (Phi) is 2.79. The highest BCUT2D eigenvalue weighted by molar-refractivity contribution is 5.47. The van der Waals surface area contributed by atoms with Crippen LogP contribution in [0.25, 0.3) is 0 Å². The molecule has 0 radical (unpaired) electrons. The van der Waals surface area contributed by atoms with Crippen molar-refractivity contribution in [2.45, 2.75) is 20.4 Å². The highest BCUT2D eigenvalue weighted by Crippen LogP contribution is 2.17. The van der Waals surface area contributed by atoms with Gasteiger partial charge in [-0.1, -0.05) is 0 Å². The second-order valence-electron chi connectivity index (χ2n) is 3.89. The summed E-state index contributed by atoms with van der Waals surface area (Å²) in [6, 6.07) is 3.95. The van der Waals surface area contributed by atoms with Gasteiger partial charge in [-0.15, -0.1) is 0 Å². The van der Waals surface area contributed by atoms with Crippen LogP contribution in [0.5, 0.6) is 0 Å². The predicted molar refractivity (Wildman–Crippen MR) is 64.2 cm³/mol. The normalized spacial score (nSPS) is 10.2. The number of aromatic nitrogens is 3. The number of nitrogens with two attached hydrogens (primary N) is 1. The van der Waals surface area contributed by atoms with Gasteiger partial charge in [0.1, 0.15) is 6.07 Å². The molecule has 0 bridgehead atoms. The van der Waals surface area contributed by atoms with Crippen LogP contribution in [0.15, 0.2) is 18.5 Å². The van der Waals surface area contributed by atoms with Crippen LogP contribution in [0.3, 0.4) is 0 Å². The first-order valence-electron chi connectivity index (χ1n) is 5.26. The molecular formula is C12H13N5. The smallest absolute Gasteiger partial charge is 0.101 e. The molecule has 2 N–H and O–H groups in total. The van der Waals surface area contributed by atoms with Gasteiger partial charge in [0.2, 0.25) is 0 Å². The number of rotatable bonds is 2. The maximum Gasteiger partial charge on any atom is 0.101 e. The summed E-state index contributed by atoms with van der Waals surface area (Å²) >= 11 is 0. The summed E-state index contributed by atoms with van der Waals surface area (Å²) < 4.78 is 1.81. The van der Waals surface area contributed by atoms with Crippen molar-refractivity contribution in [3.05, 3.63) is 41.0 Å². The Morgan fingerprint density at radius 3 is 2.82 bits per heavy atom. The topological polar surface area (TPSA) is 80.5 Å². The number of anilines is 1. The number of nitrogens with zero attached hydrogens (tertiary/aromatic N) is 4. The highest BCUT2D eigenvalue weighted by Gasteiger charge is 2.10. The molecule has 2 heterocycles. The van der Waals surface area contributed by atoms with Gasteiger partial charge in [0.25, 0.3) is 0 Å². The van der Waals surface area contributed by atoms with E-state index in [0.29, 0.717) is 17.8 Å². The Morgan fingerprint density at radius 1 is 1.47 bits per heavy atom. The summed E-state index contributed by atoms with van der Waals surface area (Å²) in [6.07, 6.45) is 3.23. The van der Waals surface area contributed by atoms with Crippen molar-refractivity contribution < 1.29 is 0 Å². The van der Waals surface area contributed by atoms with Gasteiger partial charge in [0.15, 0.2) is 0 Å². The van der Waals surface area contributed by atoms with E-state index in [-0.39, 0.29) is 0 Å². The van der Waals surface area contributed by atoms with Crippen LogP contribution in [0, 0.1) is 25.2 Å². The fraction of sp³-hybridized carbons (Fsp3) is 0.250. The zero-order valence-electron chi connectivity index (χ0n) is 9.81. The molecule has 0 fully saturated rings. The first-order valence-corrected chi connectivity index (χ1v) is 5.26. The number of nitriles is 1. The summed E-state index contributed by atoms with van der Waals surface area (Å²) in [5.74, 6) is 0. The third kappa shape index (κ3) is 1.97. The van der Waals surface area contributed by atoms with Crippen LogP contribution < -0.4 is 5.73 Å². The van der Waals surface area contributed by atoms with Crippen molar-refractivity contribution in [3.8, 4) is 6.07 Å². The van der Waals surface area contributed by atoms with Gasteiger partial charge >= 0.3 is 0 Å². The molecule has 0 aliphatic rings. The molecule has 0 atom stereocenters. The molecule has 2 aromatic heterocycles. The Morgan fingerprint density at radius 2 is 2.24 bits per heavy atom. The van der Waals surface area contributed by atoms with Gasteiger partial charge in [0.05, 0.1) is 29.2 Å². The molecule has 5 heteroatoms. The van der Waals surface area contributed by atoms with E-state index in [1.54, 1.807) is 17.1 Å². The minimum absolute atomic E-state index is 0.537. The molecule has 0 amide bonds. The Hall–Kier alpha value is -2.35. The molecule has 2 rings (SSSR count). The SMILES string of the molecule is Cc1nn(Cc2ccncc2C#N)c(C)c1N. The molecular weight excluding hydrogens is 214 g/mol. The van der Waals surface area contributed by atoms with Crippen molar-refractivity contribution in [1.29, 1.82) is 5.26 Å². The summed E-state index contributed by atoms with van der Waals surface area (Å²) in [4.78, 5) is 3.93. The second kappa shape index (κ2) is 4.26. The first kappa shape index (κ1) is 11.1. The average molecular weight is 227 g/mol. The number of hydrogen-bond donors (Lipinski definition) is 1. The summed E-state index contributed by atoms with van der Waals surface area (Å²) in [5.41, 5.74) is 9.77. The van der Waals surface area contributed by atoms with Crippen molar-refractivity contribution in [1.82, 2.24) is 14.8 Å². The Balaban J connectivity index is 2.39. The van der Waals surface area contributed by atoms with Crippen LogP contribution in [-0.2, 0) is 6.54 Å². The number of aryl methyl sites for hydroxylation is 1. The molecule has 0 aliphatic carbocycles. The Labute approximate surface area is 99.5 Å². The zero-order valence-corrected chi connectivity index (χ0v) is 9.81. The van der Waals surface area contributed by atoms with Crippen molar-refractivity contribution in [3.63, 3.8) is 0 Å². The van der Waals surface area contributed by atoms with Crippen LogP contribution in [0.2, 0.25) is 0 Å². The van der Waals surface area contributed by atoms with E-state index in [1.807, 2.05) is 19.9 Å². The average Bonchev–Trinajstić information content (AvgIpc) is 2.58. The standard InChI is InChI=1S/C12H13N5/c1-8-12(14)9(2)17(16-8)7-10-3-4-15-6-11(10)5-13/h3-4,6H,7,14H2,1-2H3. The first-order chi connectivity index (χ1) is 8.13. The van der Waals surface area contributed by atoms with Crippen molar-refractivity contribution >= 4 is 5.69 Å². The van der Waals surface area contributed by atoms with E-state index in [0.717, 1.165) is 17.0 Å². The monoisotopic (exact) mass is 227 g/mol. The molecule has 0 aromatic carbocycles. The number of nitrogen functional groups attached to an aromatic ring is 1. The lowest BCUT2D eigenvalue weighted by atomic mass is 10.1. The van der Waals surface area contributed by atoms with Gasteiger partial charge in [-0.3, -0.25) is 9.67 Å². The van der Waals surface area contributed by atoms with Crippen molar-refractivity contribution in [2.75, 3.05) is 5.73 Å². The fourth-order valence-corrected chi connectivity index (χ4v) is 1.69. The number of hydrogen-bond acceptors (Lipinski definition) is 4. The molecule has 5 nitrogen and oxygen atoms in total. The van der Waals surface area contributed by atoms with E-state index in [1.165, 1.54) is 0 Å². The predicted octanol–water partition coefficient (Wildman–Crippen LogP) is 1.40. The van der Waals surface area contributed by atoms with Gasteiger partial charge in [-0.05, 0) is 25.5 Å². The van der Waals surface area contributed by atoms with E-state index in [2.05, 4.69) is 16.2 Å². The molecule has 2 aromatic rings. The van der Waals surface area contributed by atoms with E-state index < -0.39 is 0 Å². The van der Waals surface area contributed by atoms with Crippen LogP contribution in [0.1, 0.15) is 22.5 Å². The minimum Gasteiger partial charge on any atom is -0.396 e. The summed E-state index contributed by atoms with van der Waals surface area (Å²) in [5, 5.41) is 13.3. The molecule has 86 valence electrons. The van der Waals surface area contributed by atoms with Gasteiger partial charge in [-0.25, -0.2) is 0 Å². The minimum atomic E-state index is 0.537. The zero-order chi connectivity index (χ0) is 12.4. The van der Waals surface area contributed by atoms with E-state index in [9.17, 15) is 0 Å². The molecule has 17 heavy (non-hydrogen) atoms. The lowest BCUT2D eigenvalue weighted by Gasteiger charge is -2.05. The van der Waals surface area contributed by atoms with Crippen LogP contribution >= 0.6 is 0 Å². The maximum atomic E-state index is 8.98. The molecule has 0 aliphatic heterocycles. The fourth-order valence-electron chi connectivity index (χ4n) is 1.69. The number of pyridine rings is 1. The third-order valence-electron chi connectivity index (χ3n) is 2.79. The molecule has 0 saturated carbocycles. The summed E-state index contributed by atoms with van der Waals surface area (Å²) in [7, 11) is 0. The quantitative estimate of drug-likeness (QED) is 0.840. The van der Waals surface area contributed by atoms with Gasteiger partial charge in [0, 0.05) is 12.4 Å². The molecule has 0 saturated heterocycles. The summed E-state index contributed by atoms with van der Waals surface area (Å²) in [6.45, 7) is 4.33. The molecule has 0 unspecified atom stereocenters. The largest absolute Gasteiger partial charge is 0.396 e. The van der Waals surface area contributed by atoms with E-state index >= 15 is 0 Å².